The van der Waals surface area contributed by atoms with Gasteiger partial charge in [-0.1, -0.05) is 12.1 Å². The lowest BCUT2D eigenvalue weighted by Gasteiger charge is -2.26. The van der Waals surface area contributed by atoms with Crippen molar-refractivity contribution in [2.24, 2.45) is 5.92 Å². The standard InChI is InChI=1S/C14H16F2N2O4/c15-14(16)22-9-3-1-2-8(6-9)7-18-13(21)11-10(19)4-5-17-12(11)20/h1-3,6,10-11,14,19H,4-5,7H2,(H,17,20)(H,18,21). The van der Waals surface area contributed by atoms with E-state index in [0.717, 1.165) is 0 Å². The Kier molecular flexibility index (Phi) is 5.26. The fourth-order valence-electron chi connectivity index (χ4n) is 2.22. The number of carbonyl (C=O) groups is 2. The van der Waals surface area contributed by atoms with Crippen molar-refractivity contribution >= 4 is 11.8 Å². The third kappa shape index (κ3) is 4.14. The molecule has 2 atom stereocenters. The third-order valence-electron chi connectivity index (χ3n) is 3.28. The molecule has 1 aromatic carbocycles. The summed E-state index contributed by atoms with van der Waals surface area (Å²) in [5, 5.41) is 14.7. The number of rotatable bonds is 5. The highest BCUT2D eigenvalue weighted by molar-refractivity contribution is 6.01. The summed E-state index contributed by atoms with van der Waals surface area (Å²) in [5.41, 5.74) is 0.539. The van der Waals surface area contributed by atoms with E-state index >= 15 is 0 Å². The minimum atomic E-state index is -2.93. The van der Waals surface area contributed by atoms with Crippen molar-refractivity contribution in [2.75, 3.05) is 6.54 Å². The minimum Gasteiger partial charge on any atom is -0.435 e. The number of carbonyl (C=O) groups excluding carboxylic acids is 2. The van der Waals surface area contributed by atoms with Crippen LogP contribution in [-0.2, 0) is 16.1 Å². The molecule has 0 aromatic heterocycles. The first-order chi connectivity index (χ1) is 10.5. The quantitative estimate of drug-likeness (QED) is 0.687. The number of piperidine rings is 1. The molecule has 1 aromatic rings. The molecule has 2 amide bonds. The Bertz CT molecular complexity index is 553. The van der Waals surface area contributed by atoms with E-state index < -0.39 is 30.4 Å². The lowest BCUT2D eigenvalue weighted by atomic mass is 9.94. The lowest BCUT2D eigenvalue weighted by molar-refractivity contribution is -0.142. The van der Waals surface area contributed by atoms with Gasteiger partial charge in [-0.3, -0.25) is 9.59 Å². The average molecular weight is 314 g/mol. The zero-order valence-electron chi connectivity index (χ0n) is 11.6. The van der Waals surface area contributed by atoms with Crippen LogP contribution in [0.3, 0.4) is 0 Å². The second kappa shape index (κ2) is 7.17. The molecule has 2 rings (SSSR count). The van der Waals surface area contributed by atoms with E-state index in [-0.39, 0.29) is 12.3 Å². The van der Waals surface area contributed by atoms with Crippen molar-refractivity contribution in [3.8, 4) is 5.75 Å². The van der Waals surface area contributed by atoms with Crippen LogP contribution in [-0.4, -0.2) is 36.2 Å². The summed E-state index contributed by atoms with van der Waals surface area (Å²) < 4.78 is 28.5. The molecule has 1 heterocycles. The molecule has 6 nitrogen and oxygen atoms in total. The number of ether oxygens (including phenoxy) is 1. The van der Waals surface area contributed by atoms with Crippen molar-refractivity contribution in [1.82, 2.24) is 10.6 Å². The maximum Gasteiger partial charge on any atom is 0.387 e. The van der Waals surface area contributed by atoms with E-state index in [9.17, 15) is 23.5 Å². The van der Waals surface area contributed by atoms with Gasteiger partial charge in [-0.15, -0.1) is 0 Å². The van der Waals surface area contributed by atoms with Crippen molar-refractivity contribution in [1.29, 1.82) is 0 Å². The molecule has 1 aliphatic rings. The highest BCUT2D eigenvalue weighted by Crippen LogP contribution is 2.17. The Morgan fingerprint density at radius 1 is 1.50 bits per heavy atom. The predicted octanol–water partition coefficient (Wildman–Crippen LogP) is 0.401. The van der Waals surface area contributed by atoms with Crippen molar-refractivity contribution in [3.05, 3.63) is 29.8 Å². The maximum absolute atomic E-state index is 12.1. The average Bonchev–Trinajstić information content (AvgIpc) is 2.44. The number of aliphatic hydroxyl groups excluding tert-OH is 1. The zero-order valence-corrected chi connectivity index (χ0v) is 11.6. The number of aliphatic hydroxyl groups is 1. The van der Waals surface area contributed by atoms with E-state index in [0.29, 0.717) is 18.5 Å². The van der Waals surface area contributed by atoms with Gasteiger partial charge in [0.05, 0.1) is 6.10 Å². The monoisotopic (exact) mass is 314 g/mol. The highest BCUT2D eigenvalue weighted by Gasteiger charge is 2.36. The van der Waals surface area contributed by atoms with E-state index in [2.05, 4.69) is 15.4 Å². The van der Waals surface area contributed by atoms with E-state index in [1.807, 2.05) is 0 Å². The largest absolute Gasteiger partial charge is 0.435 e. The molecule has 8 heteroatoms. The Balaban J connectivity index is 1.94. The van der Waals surface area contributed by atoms with Crippen molar-refractivity contribution in [3.63, 3.8) is 0 Å². The molecular weight excluding hydrogens is 298 g/mol. The summed E-state index contributed by atoms with van der Waals surface area (Å²) in [5.74, 6) is -2.30. The Morgan fingerprint density at radius 2 is 2.27 bits per heavy atom. The van der Waals surface area contributed by atoms with Gasteiger partial charge in [-0.2, -0.15) is 8.78 Å². The molecule has 120 valence electrons. The van der Waals surface area contributed by atoms with Gasteiger partial charge < -0.3 is 20.5 Å². The lowest BCUT2D eigenvalue weighted by Crippen LogP contribution is -2.51. The summed E-state index contributed by atoms with van der Waals surface area (Å²) in [7, 11) is 0. The molecule has 0 saturated carbocycles. The summed E-state index contributed by atoms with van der Waals surface area (Å²) in [6.45, 7) is -2.56. The van der Waals surface area contributed by atoms with Crippen LogP contribution in [0.25, 0.3) is 0 Å². The number of amides is 2. The van der Waals surface area contributed by atoms with Crippen LogP contribution in [0, 0.1) is 5.92 Å². The van der Waals surface area contributed by atoms with Crippen LogP contribution >= 0.6 is 0 Å². The minimum absolute atomic E-state index is 0.0165. The highest BCUT2D eigenvalue weighted by atomic mass is 19.3. The number of nitrogens with one attached hydrogen (secondary N) is 2. The Hall–Kier alpha value is -2.22. The second-order valence-electron chi connectivity index (χ2n) is 4.87. The third-order valence-corrected chi connectivity index (χ3v) is 3.28. The van der Waals surface area contributed by atoms with Gasteiger partial charge in [-0.25, -0.2) is 0 Å². The smallest absolute Gasteiger partial charge is 0.387 e. The van der Waals surface area contributed by atoms with Crippen LogP contribution in [0.1, 0.15) is 12.0 Å². The van der Waals surface area contributed by atoms with Gasteiger partial charge in [-0.05, 0) is 24.1 Å². The van der Waals surface area contributed by atoms with Crippen LogP contribution in [0.5, 0.6) is 5.75 Å². The van der Waals surface area contributed by atoms with Crippen LogP contribution in [0.2, 0.25) is 0 Å². The van der Waals surface area contributed by atoms with Crippen molar-refractivity contribution < 1.29 is 28.2 Å². The first-order valence-corrected chi connectivity index (χ1v) is 6.74. The summed E-state index contributed by atoms with van der Waals surface area (Å²) in [4.78, 5) is 23.6. The number of hydrogen-bond donors (Lipinski definition) is 3. The number of alkyl halides is 2. The van der Waals surface area contributed by atoms with E-state index in [1.165, 1.54) is 18.2 Å². The molecule has 2 unspecified atom stereocenters. The molecule has 1 aliphatic heterocycles. The van der Waals surface area contributed by atoms with Gasteiger partial charge in [0, 0.05) is 13.1 Å². The van der Waals surface area contributed by atoms with Gasteiger partial charge in [0.1, 0.15) is 11.7 Å². The predicted molar refractivity (Wildman–Crippen MR) is 72.0 cm³/mol. The van der Waals surface area contributed by atoms with Gasteiger partial charge >= 0.3 is 6.61 Å². The molecule has 22 heavy (non-hydrogen) atoms. The molecule has 1 saturated heterocycles. The van der Waals surface area contributed by atoms with Gasteiger partial charge in [0.25, 0.3) is 0 Å². The maximum atomic E-state index is 12.1. The van der Waals surface area contributed by atoms with Crippen LogP contribution in [0.4, 0.5) is 8.78 Å². The normalized spacial score (nSPS) is 21.4. The molecule has 0 radical (unpaired) electrons. The van der Waals surface area contributed by atoms with Gasteiger partial charge in [0.15, 0.2) is 0 Å². The SMILES string of the molecule is O=C1NCCC(O)C1C(=O)NCc1cccc(OC(F)F)c1. The topological polar surface area (TPSA) is 87.7 Å². The second-order valence-corrected chi connectivity index (χ2v) is 4.87. The van der Waals surface area contributed by atoms with Gasteiger partial charge in [0.2, 0.25) is 11.8 Å². The number of halogens is 2. The van der Waals surface area contributed by atoms with Crippen LogP contribution in [0.15, 0.2) is 24.3 Å². The molecule has 0 aliphatic carbocycles. The summed E-state index contributed by atoms with van der Waals surface area (Å²) >= 11 is 0. The van der Waals surface area contributed by atoms with E-state index in [4.69, 9.17) is 0 Å². The molecule has 0 spiro atoms. The number of hydrogen-bond acceptors (Lipinski definition) is 4. The molecule has 3 N–H and O–H groups in total. The number of benzene rings is 1. The first-order valence-electron chi connectivity index (χ1n) is 6.74. The molecule has 1 fully saturated rings. The van der Waals surface area contributed by atoms with Crippen molar-refractivity contribution in [2.45, 2.75) is 25.7 Å². The first kappa shape index (κ1) is 16.2. The van der Waals surface area contributed by atoms with Crippen LogP contribution < -0.4 is 15.4 Å². The fraction of sp³-hybridized carbons (Fsp3) is 0.429. The molecular formula is C14H16F2N2O4. The van der Waals surface area contributed by atoms with E-state index in [1.54, 1.807) is 6.07 Å². The summed E-state index contributed by atoms with van der Waals surface area (Å²) in [6, 6.07) is 5.87. The fourth-order valence-corrected chi connectivity index (χ4v) is 2.22. The Labute approximate surface area is 125 Å². The molecule has 0 bridgehead atoms. The Morgan fingerprint density at radius 3 is 2.95 bits per heavy atom. The summed E-state index contributed by atoms with van der Waals surface area (Å²) in [6.07, 6.45) is -0.719. The zero-order chi connectivity index (χ0) is 16.1.